The number of alkyl halides is 3. The first-order valence-electron chi connectivity index (χ1n) is 9.41. The van der Waals surface area contributed by atoms with Crippen molar-refractivity contribution in [2.75, 3.05) is 0 Å². The summed E-state index contributed by atoms with van der Waals surface area (Å²) in [4.78, 5) is 12.4. The highest BCUT2D eigenvalue weighted by Crippen LogP contribution is 2.31. The first-order chi connectivity index (χ1) is 14.3. The number of hydrogen-bond donors (Lipinski definition) is 0. The molecule has 0 N–H and O–H groups in total. The lowest BCUT2D eigenvalue weighted by Crippen LogP contribution is -2.05. The van der Waals surface area contributed by atoms with Crippen molar-refractivity contribution in [1.82, 2.24) is 29.3 Å². The summed E-state index contributed by atoms with van der Waals surface area (Å²) in [6.07, 6.45) is -0.773. The minimum atomic E-state index is -4.47. The normalized spacial score (nSPS) is 13.9. The molecule has 1 aliphatic carbocycles. The average molecular weight is 433 g/mol. The van der Waals surface area contributed by atoms with Crippen LogP contribution in [-0.4, -0.2) is 29.3 Å². The molecule has 0 saturated carbocycles. The van der Waals surface area contributed by atoms with Crippen molar-refractivity contribution in [3.05, 3.63) is 58.4 Å². The van der Waals surface area contributed by atoms with Crippen LogP contribution in [0.4, 0.5) is 13.2 Å². The highest BCUT2D eigenvalue weighted by Gasteiger charge is 2.34. The fourth-order valence-corrected chi connectivity index (χ4v) is 4.06. The molecule has 154 valence electrons. The zero-order valence-electron chi connectivity index (χ0n) is 15.9. The van der Waals surface area contributed by atoms with Gasteiger partial charge in [0.25, 0.3) is 0 Å². The number of aromatic nitrogens is 6. The molecule has 0 aliphatic heterocycles. The summed E-state index contributed by atoms with van der Waals surface area (Å²) in [6, 6.07) is 7.23. The Balaban J connectivity index is 1.46. The molecule has 0 saturated heterocycles. The van der Waals surface area contributed by atoms with Crippen LogP contribution in [0.25, 0.3) is 22.4 Å². The second-order valence-corrected chi connectivity index (χ2v) is 7.69. The molecule has 0 radical (unpaired) electrons. The van der Waals surface area contributed by atoms with Gasteiger partial charge in [0.05, 0.1) is 23.3 Å². The molecule has 6 nitrogen and oxygen atoms in total. The predicted octanol–water partition coefficient (Wildman–Crippen LogP) is 4.44. The topological polar surface area (TPSA) is 61.4 Å². The van der Waals surface area contributed by atoms with Crippen LogP contribution in [0.1, 0.15) is 29.1 Å². The van der Waals surface area contributed by atoms with Crippen LogP contribution >= 0.6 is 11.6 Å². The summed E-state index contributed by atoms with van der Waals surface area (Å²) in [6.45, 7) is 0.470. The lowest BCUT2D eigenvalue weighted by Gasteiger charge is -2.09. The van der Waals surface area contributed by atoms with Crippen LogP contribution < -0.4 is 0 Å². The Kier molecular flexibility index (Phi) is 4.32. The average Bonchev–Trinajstić information content (AvgIpc) is 3.24. The van der Waals surface area contributed by atoms with E-state index in [-0.39, 0.29) is 11.1 Å². The van der Waals surface area contributed by atoms with Gasteiger partial charge in [0.2, 0.25) is 5.28 Å². The lowest BCUT2D eigenvalue weighted by atomic mass is 10.0. The SMILES string of the molecule is Cn1cc(C(F)(F)F)nc1-c1ccc(Cn2nc3c4c(nc(Cl)nc42)CCC3)cc1. The Morgan fingerprint density at radius 1 is 1.03 bits per heavy atom. The van der Waals surface area contributed by atoms with E-state index in [1.165, 1.54) is 4.57 Å². The van der Waals surface area contributed by atoms with E-state index < -0.39 is 11.9 Å². The molecule has 30 heavy (non-hydrogen) atoms. The lowest BCUT2D eigenvalue weighted by molar-refractivity contribution is -0.140. The molecule has 5 rings (SSSR count). The highest BCUT2D eigenvalue weighted by molar-refractivity contribution is 6.28. The van der Waals surface area contributed by atoms with Crippen LogP contribution in [0, 0.1) is 0 Å². The van der Waals surface area contributed by atoms with Gasteiger partial charge >= 0.3 is 6.18 Å². The summed E-state index contributed by atoms with van der Waals surface area (Å²) in [5, 5.41) is 5.88. The van der Waals surface area contributed by atoms with Crippen molar-refractivity contribution in [3.63, 3.8) is 0 Å². The molecular weight excluding hydrogens is 417 g/mol. The van der Waals surface area contributed by atoms with Crippen LogP contribution in [-0.2, 0) is 32.6 Å². The molecule has 1 aliphatic rings. The van der Waals surface area contributed by atoms with E-state index >= 15 is 0 Å². The van der Waals surface area contributed by atoms with Gasteiger partial charge in [0.1, 0.15) is 5.82 Å². The van der Waals surface area contributed by atoms with Crippen molar-refractivity contribution >= 4 is 22.6 Å². The van der Waals surface area contributed by atoms with Gasteiger partial charge in [-0.1, -0.05) is 24.3 Å². The molecule has 0 unspecified atom stereocenters. The van der Waals surface area contributed by atoms with Crippen molar-refractivity contribution in [1.29, 1.82) is 0 Å². The van der Waals surface area contributed by atoms with E-state index in [4.69, 9.17) is 16.7 Å². The van der Waals surface area contributed by atoms with E-state index in [1.807, 2.05) is 16.8 Å². The van der Waals surface area contributed by atoms with Gasteiger partial charge in [-0.2, -0.15) is 23.3 Å². The summed E-state index contributed by atoms with van der Waals surface area (Å²) in [5.41, 5.74) is 3.26. The molecule has 0 bridgehead atoms. The van der Waals surface area contributed by atoms with Crippen LogP contribution in [0.15, 0.2) is 30.5 Å². The molecule has 10 heteroatoms. The second kappa shape index (κ2) is 6.80. The van der Waals surface area contributed by atoms with Crippen molar-refractivity contribution in [3.8, 4) is 11.4 Å². The number of aryl methyl sites for hydroxylation is 3. The maximum absolute atomic E-state index is 12.9. The number of benzene rings is 1. The summed E-state index contributed by atoms with van der Waals surface area (Å²) >= 11 is 6.10. The molecule has 0 fully saturated rings. The van der Waals surface area contributed by atoms with E-state index in [0.717, 1.165) is 47.8 Å². The zero-order chi connectivity index (χ0) is 21.0. The molecule has 0 spiro atoms. The van der Waals surface area contributed by atoms with Crippen molar-refractivity contribution in [2.45, 2.75) is 32.0 Å². The molecule has 0 amide bonds. The van der Waals surface area contributed by atoms with Gasteiger partial charge < -0.3 is 4.57 Å². The first-order valence-corrected chi connectivity index (χ1v) is 9.79. The largest absolute Gasteiger partial charge is 0.434 e. The molecule has 0 atom stereocenters. The number of nitrogens with zero attached hydrogens (tertiary/aromatic N) is 6. The van der Waals surface area contributed by atoms with Gasteiger partial charge in [-0.3, -0.25) is 0 Å². The standard InChI is InChI=1S/C20H16ClF3N6/c1-29-10-15(20(22,23)24)26-17(29)12-7-5-11(6-8-12)9-30-18-16-13(25-19(21)27-18)3-2-4-14(16)28-30/h5-8,10H,2-4,9H2,1H3. The van der Waals surface area contributed by atoms with Crippen molar-refractivity contribution < 1.29 is 13.2 Å². The second-order valence-electron chi connectivity index (χ2n) is 7.35. The monoisotopic (exact) mass is 432 g/mol. The van der Waals surface area contributed by atoms with Gasteiger partial charge in [-0.25, -0.2) is 14.6 Å². The Morgan fingerprint density at radius 3 is 2.47 bits per heavy atom. The van der Waals surface area contributed by atoms with Crippen LogP contribution in [0.3, 0.4) is 0 Å². The minimum absolute atomic E-state index is 0.206. The number of rotatable bonds is 3. The first kappa shape index (κ1) is 19.0. The van der Waals surface area contributed by atoms with E-state index in [0.29, 0.717) is 17.8 Å². The summed E-state index contributed by atoms with van der Waals surface area (Å²) in [7, 11) is 1.55. The Labute approximate surface area is 174 Å². The molecule has 3 heterocycles. The van der Waals surface area contributed by atoms with Gasteiger partial charge in [0, 0.05) is 18.8 Å². The number of imidazole rings is 1. The summed E-state index contributed by atoms with van der Waals surface area (Å²) in [5.74, 6) is 0.260. The molecule has 4 aromatic rings. The fourth-order valence-electron chi connectivity index (χ4n) is 3.88. The molecular formula is C20H16ClF3N6. The smallest absolute Gasteiger partial charge is 0.333 e. The fraction of sp³-hybridized carbons (Fsp3) is 0.300. The van der Waals surface area contributed by atoms with Gasteiger partial charge in [-0.05, 0) is 36.4 Å². The maximum atomic E-state index is 12.9. The minimum Gasteiger partial charge on any atom is -0.333 e. The summed E-state index contributed by atoms with van der Waals surface area (Å²) < 4.78 is 41.9. The van der Waals surface area contributed by atoms with Gasteiger partial charge in [-0.15, -0.1) is 0 Å². The third-order valence-electron chi connectivity index (χ3n) is 5.25. The third kappa shape index (κ3) is 3.23. The van der Waals surface area contributed by atoms with E-state index in [9.17, 15) is 13.2 Å². The molecule has 3 aromatic heterocycles. The Morgan fingerprint density at radius 2 is 1.77 bits per heavy atom. The van der Waals surface area contributed by atoms with E-state index in [1.54, 1.807) is 19.2 Å². The zero-order valence-corrected chi connectivity index (χ0v) is 16.7. The highest BCUT2D eigenvalue weighted by atomic mass is 35.5. The van der Waals surface area contributed by atoms with Gasteiger partial charge in [0.15, 0.2) is 11.3 Å². The predicted molar refractivity (Wildman–Crippen MR) is 105 cm³/mol. The maximum Gasteiger partial charge on any atom is 0.434 e. The van der Waals surface area contributed by atoms with E-state index in [2.05, 4.69) is 15.0 Å². The quantitative estimate of drug-likeness (QED) is 0.449. The van der Waals surface area contributed by atoms with Crippen molar-refractivity contribution in [2.24, 2.45) is 7.05 Å². The molecule has 1 aromatic carbocycles. The Hall–Kier alpha value is -2.94. The number of halogens is 4. The van der Waals surface area contributed by atoms with Crippen LogP contribution in [0.2, 0.25) is 5.28 Å². The Bertz CT molecular complexity index is 1260. The number of hydrogen-bond acceptors (Lipinski definition) is 4. The third-order valence-corrected chi connectivity index (χ3v) is 5.42. The van der Waals surface area contributed by atoms with Crippen LogP contribution in [0.5, 0.6) is 0 Å².